The van der Waals surface area contributed by atoms with E-state index in [1.165, 1.54) is 25.7 Å². The van der Waals surface area contributed by atoms with Crippen LogP contribution in [0, 0.1) is 5.92 Å². The highest BCUT2D eigenvalue weighted by atomic mass is 79.9. The smallest absolute Gasteiger partial charge is 0.0782 e. The van der Waals surface area contributed by atoms with Gasteiger partial charge in [-0.15, -0.1) is 0 Å². The molecule has 0 amide bonds. The number of ether oxygens (including phenoxy) is 1. The third-order valence-electron chi connectivity index (χ3n) is 3.76. The highest BCUT2D eigenvalue weighted by Crippen LogP contribution is 2.37. The molecule has 0 spiro atoms. The average Bonchev–Trinajstić information content (AvgIpc) is 2.29. The molecule has 1 nitrogen and oxygen atoms in total. The molecular weight excluding hydrogens is 252 g/mol. The van der Waals surface area contributed by atoms with Gasteiger partial charge in [0.25, 0.3) is 0 Å². The third kappa shape index (κ3) is 3.74. The first kappa shape index (κ1) is 13.5. The van der Waals surface area contributed by atoms with Crippen LogP contribution in [-0.2, 0) is 4.74 Å². The standard InChI is InChI=1S/C13H25BrO/c1-4-12(5-2)15-13(10-14)8-6-11(3)7-9-13/h11-12H,4-10H2,1-3H3. The second-order valence-corrected chi connectivity index (χ2v) is 5.62. The fourth-order valence-electron chi connectivity index (χ4n) is 2.38. The van der Waals surface area contributed by atoms with Crippen LogP contribution in [-0.4, -0.2) is 17.0 Å². The van der Waals surface area contributed by atoms with E-state index >= 15 is 0 Å². The molecule has 0 atom stereocenters. The van der Waals surface area contributed by atoms with E-state index in [2.05, 4.69) is 36.7 Å². The first-order chi connectivity index (χ1) is 7.15. The summed E-state index contributed by atoms with van der Waals surface area (Å²) in [6.07, 6.45) is 7.85. The van der Waals surface area contributed by atoms with E-state index in [9.17, 15) is 0 Å². The molecule has 0 aromatic rings. The quantitative estimate of drug-likeness (QED) is 0.670. The van der Waals surface area contributed by atoms with E-state index in [1.54, 1.807) is 0 Å². The number of rotatable bonds is 5. The first-order valence-electron chi connectivity index (χ1n) is 6.39. The van der Waals surface area contributed by atoms with Crippen LogP contribution in [0.3, 0.4) is 0 Å². The van der Waals surface area contributed by atoms with Gasteiger partial charge in [0, 0.05) is 5.33 Å². The summed E-state index contributed by atoms with van der Waals surface area (Å²) < 4.78 is 6.33. The number of hydrogen-bond donors (Lipinski definition) is 0. The zero-order valence-corrected chi connectivity index (χ0v) is 12.0. The van der Waals surface area contributed by atoms with E-state index in [4.69, 9.17) is 4.74 Å². The lowest BCUT2D eigenvalue weighted by Crippen LogP contribution is -2.41. The molecular formula is C13H25BrO. The summed E-state index contributed by atoms with van der Waals surface area (Å²) in [5, 5.41) is 1.00. The summed E-state index contributed by atoms with van der Waals surface area (Å²) in [7, 11) is 0. The van der Waals surface area contributed by atoms with Gasteiger partial charge in [-0.2, -0.15) is 0 Å². The Bertz CT molecular complexity index is 169. The van der Waals surface area contributed by atoms with Crippen LogP contribution in [0.1, 0.15) is 59.3 Å². The molecule has 1 aliphatic carbocycles. The molecule has 90 valence electrons. The maximum Gasteiger partial charge on any atom is 0.0782 e. The minimum absolute atomic E-state index is 0.142. The Morgan fingerprint density at radius 3 is 2.20 bits per heavy atom. The van der Waals surface area contributed by atoms with Crippen molar-refractivity contribution >= 4 is 15.9 Å². The molecule has 0 heterocycles. The van der Waals surface area contributed by atoms with Gasteiger partial charge in [0.1, 0.15) is 0 Å². The van der Waals surface area contributed by atoms with Crippen LogP contribution in [0.4, 0.5) is 0 Å². The molecule has 1 saturated carbocycles. The fraction of sp³-hybridized carbons (Fsp3) is 1.00. The summed E-state index contributed by atoms with van der Waals surface area (Å²) >= 11 is 3.65. The highest BCUT2D eigenvalue weighted by molar-refractivity contribution is 9.09. The van der Waals surface area contributed by atoms with Crippen LogP contribution in [0.5, 0.6) is 0 Å². The van der Waals surface area contributed by atoms with Gasteiger partial charge in [0.2, 0.25) is 0 Å². The maximum atomic E-state index is 6.33. The van der Waals surface area contributed by atoms with Crippen molar-refractivity contribution < 1.29 is 4.74 Å². The van der Waals surface area contributed by atoms with Crippen LogP contribution < -0.4 is 0 Å². The average molecular weight is 277 g/mol. The Morgan fingerprint density at radius 2 is 1.80 bits per heavy atom. The molecule has 0 aliphatic heterocycles. The normalized spacial score (nSPS) is 32.2. The zero-order valence-electron chi connectivity index (χ0n) is 10.4. The van der Waals surface area contributed by atoms with Crippen molar-refractivity contribution in [3.63, 3.8) is 0 Å². The summed E-state index contributed by atoms with van der Waals surface area (Å²) in [6, 6.07) is 0. The van der Waals surface area contributed by atoms with Gasteiger partial charge < -0.3 is 4.74 Å². The van der Waals surface area contributed by atoms with Crippen molar-refractivity contribution in [3.8, 4) is 0 Å². The van der Waals surface area contributed by atoms with E-state index in [-0.39, 0.29) is 5.60 Å². The number of alkyl halides is 1. The molecule has 0 bridgehead atoms. The van der Waals surface area contributed by atoms with Crippen LogP contribution in [0.2, 0.25) is 0 Å². The van der Waals surface area contributed by atoms with Gasteiger partial charge >= 0.3 is 0 Å². The van der Waals surface area contributed by atoms with Gasteiger partial charge in [-0.3, -0.25) is 0 Å². The molecule has 0 saturated heterocycles. The fourth-order valence-corrected chi connectivity index (χ4v) is 3.07. The van der Waals surface area contributed by atoms with E-state index in [0.29, 0.717) is 6.10 Å². The van der Waals surface area contributed by atoms with E-state index < -0.39 is 0 Å². The predicted molar refractivity (Wildman–Crippen MR) is 69.6 cm³/mol. The van der Waals surface area contributed by atoms with Gasteiger partial charge in [0.05, 0.1) is 11.7 Å². The van der Waals surface area contributed by atoms with Crippen molar-refractivity contribution in [3.05, 3.63) is 0 Å². The molecule has 1 aliphatic rings. The monoisotopic (exact) mass is 276 g/mol. The van der Waals surface area contributed by atoms with Gasteiger partial charge in [0.15, 0.2) is 0 Å². The van der Waals surface area contributed by atoms with Crippen molar-refractivity contribution in [2.24, 2.45) is 5.92 Å². The second-order valence-electron chi connectivity index (χ2n) is 5.06. The summed E-state index contributed by atoms with van der Waals surface area (Å²) in [4.78, 5) is 0. The van der Waals surface area contributed by atoms with Crippen LogP contribution >= 0.6 is 15.9 Å². The van der Waals surface area contributed by atoms with Gasteiger partial charge in [-0.25, -0.2) is 0 Å². The van der Waals surface area contributed by atoms with Crippen molar-refractivity contribution in [2.75, 3.05) is 5.33 Å². The largest absolute Gasteiger partial charge is 0.371 e. The topological polar surface area (TPSA) is 9.23 Å². The third-order valence-corrected chi connectivity index (χ3v) is 4.78. The molecule has 1 fully saturated rings. The minimum Gasteiger partial charge on any atom is -0.371 e. The Labute approximate surface area is 103 Å². The summed E-state index contributed by atoms with van der Waals surface area (Å²) in [5.74, 6) is 0.891. The minimum atomic E-state index is 0.142. The predicted octanol–water partition coefficient (Wildman–Crippen LogP) is 4.54. The van der Waals surface area contributed by atoms with E-state index in [0.717, 1.165) is 24.1 Å². The lowest BCUT2D eigenvalue weighted by Gasteiger charge is -2.40. The molecule has 1 rings (SSSR count). The SMILES string of the molecule is CCC(CC)OC1(CBr)CCC(C)CC1. The van der Waals surface area contributed by atoms with Gasteiger partial charge in [-0.05, 0) is 44.4 Å². The lowest BCUT2D eigenvalue weighted by molar-refractivity contribution is -0.105. The molecule has 0 radical (unpaired) electrons. The number of hydrogen-bond acceptors (Lipinski definition) is 1. The first-order valence-corrected chi connectivity index (χ1v) is 7.51. The molecule has 0 aromatic carbocycles. The van der Waals surface area contributed by atoms with Gasteiger partial charge in [-0.1, -0.05) is 36.7 Å². The van der Waals surface area contributed by atoms with Crippen LogP contribution in [0.15, 0.2) is 0 Å². The van der Waals surface area contributed by atoms with Crippen LogP contribution in [0.25, 0.3) is 0 Å². The van der Waals surface area contributed by atoms with Crippen molar-refractivity contribution in [1.29, 1.82) is 0 Å². The molecule has 0 aromatic heterocycles. The summed E-state index contributed by atoms with van der Waals surface area (Å²) in [5.41, 5.74) is 0.142. The Hall–Kier alpha value is 0.440. The Morgan fingerprint density at radius 1 is 1.27 bits per heavy atom. The molecule has 2 heteroatoms. The zero-order chi connectivity index (χ0) is 11.3. The lowest BCUT2D eigenvalue weighted by atomic mass is 9.80. The second kappa shape index (κ2) is 6.24. The molecule has 15 heavy (non-hydrogen) atoms. The number of halogens is 1. The summed E-state index contributed by atoms with van der Waals surface area (Å²) in [6.45, 7) is 6.80. The van der Waals surface area contributed by atoms with E-state index in [1.807, 2.05) is 0 Å². The highest BCUT2D eigenvalue weighted by Gasteiger charge is 2.35. The van der Waals surface area contributed by atoms with Crippen molar-refractivity contribution in [1.82, 2.24) is 0 Å². The Balaban J connectivity index is 2.52. The van der Waals surface area contributed by atoms with Crippen molar-refractivity contribution in [2.45, 2.75) is 71.0 Å². The Kier molecular flexibility index (Phi) is 5.62. The maximum absolute atomic E-state index is 6.33. The molecule has 0 N–H and O–H groups in total. The molecule has 0 unspecified atom stereocenters.